The largest absolute Gasteiger partial charge is 0.478 e. The molecule has 0 aromatic carbocycles. The second kappa shape index (κ2) is 6.33. The lowest BCUT2D eigenvalue weighted by molar-refractivity contribution is 0.0691. The molecule has 27 heavy (non-hydrogen) atoms. The van der Waals surface area contributed by atoms with Crippen molar-refractivity contribution in [2.75, 3.05) is 4.90 Å². The highest BCUT2D eigenvalue weighted by molar-refractivity contribution is 6.14. The number of nitrogens with zero attached hydrogens (tertiary/aromatic N) is 7. The molecule has 1 amide bonds. The average Bonchev–Trinajstić information content (AvgIpc) is 3.28. The van der Waals surface area contributed by atoms with Crippen LogP contribution in [-0.4, -0.2) is 46.3 Å². The summed E-state index contributed by atoms with van der Waals surface area (Å²) in [5.41, 5.74) is 1.33. The Morgan fingerprint density at radius 3 is 2.70 bits per heavy atom. The molecule has 4 aromatic rings. The van der Waals surface area contributed by atoms with Crippen LogP contribution in [0.3, 0.4) is 0 Å². The molecule has 10 nitrogen and oxygen atoms in total. The van der Waals surface area contributed by atoms with Crippen LogP contribution in [0.25, 0.3) is 5.65 Å². The smallest absolute Gasteiger partial charge is 0.339 e. The molecule has 0 atom stereocenters. The SMILES string of the molecule is Cn1ncc(C(=O)O)c1C(=O)N(c1cccnc1)c1ccc2ncnn2c1. The summed E-state index contributed by atoms with van der Waals surface area (Å²) in [6, 6.07) is 6.80. The molecule has 4 aromatic heterocycles. The summed E-state index contributed by atoms with van der Waals surface area (Å²) in [7, 11) is 1.52. The second-order valence-electron chi connectivity index (χ2n) is 5.64. The van der Waals surface area contributed by atoms with E-state index >= 15 is 0 Å². The number of carboxylic acids is 1. The predicted molar refractivity (Wildman–Crippen MR) is 93.9 cm³/mol. The highest BCUT2D eigenvalue weighted by Crippen LogP contribution is 2.27. The number of hydrogen-bond acceptors (Lipinski definition) is 6. The molecule has 0 bridgehead atoms. The zero-order valence-electron chi connectivity index (χ0n) is 14.1. The van der Waals surface area contributed by atoms with E-state index in [9.17, 15) is 14.7 Å². The van der Waals surface area contributed by atoms with Crippen LogP contribution in [-0.2, 0) is 7.05 Å². The number of fused-ring (bicyclic) bond motifs is 1. The molecule has 10 heteroatoms. The van der Waals surface area contributed by atoms with Gasteiger partial charge in [0.05, 0.1) is 30.0 Å². The molecule has 4 heterocycles. The number of pyridine rings is 2. The first kappa shape index (κ1) is 16.4. The summed E-state index contributed by atoms with van der Waals surface area (Å²) in [5, 5.41) is 17.4. The zero-order chi connectivity index (χ0) is 19.0. The van der Waals surface area contributed by atoms with E-state index < -0.39 is 11.9 Å². The van der Waals surface area contributed by atoms with Crippen LogP contribution in [0.4, 0.5) is 11.4 Å². The Balaban J connectivity index is 1.90. The second-order valence-corrected chi connectivity index (χ2v) is 5.64. The number of aromatic carboxylic acids is 1. The maximum Gasteiger partial charge on any atom is 0.339 e. The van der Waals surface area contributed by atoms with Gasteiger partial charge in [-0.15, -0.1) is 0 Å². The van der Waals surface area contributed by atoms with Crippen LogP contribution in [0, 0.1) is 0 Å². The fourth-order valence-corrected chi connectivity index (χ4v) is 2.76. The van der Waals surface area contributed by atoms with Crippen molar-refractivity contribution in [3.8, 4) is 0 Å². The predicted octanol–water partition coefficient (Wildman–Crippen LogP) is 1.53. The van der Waals surface area contributed by atoms with Gasteiger partial charge in [-0.1, -0.05) is 0 Å². The van der Waals surface area contributed by atoms with E-state index in [1.54, 1.807) is 36.7 Å². The van der Waals surface area contributed by atoms with E-state index in [2.05, 4.69) is 20.2 Å². The van der Waals surface area contributed by atoms with Gasteiger partial charge in [0.2, 0.25) is 0 Å². The standard InChI is InChI=1S/C17H13N7O3/c1-22-15(13(8-20-22)17(26)27)16(25)24(11-3-2-6-18-7-11)12-4-5-14-19-10-21-23(14)9-12/h2-10H,1H3,(H,26,27). The van der Waals surface area contributed by atoms with E-state index in [0.717, 1.165) is 6.20 Å². The molecule has 0 saturated heterocycles. The van der Waals surface area contributed by atoms with Gasteiger partial charge in [-0.2, -0.15) is 10.2 Å². The minimum Gasteiger partial charge on any atom is -0.478 e. The number of aryl methyl sites for hydroxylation is 1. The van der Waals surface area contributed by atoms with Crippen molar-refractivity contribution in [2.24, 2.45) is 7.05 Å². The summed E-state index contributed by atoms with van der Waals surface area (Å²) >= 11 is 0. The van der Waals surface area contributed by atoms with Crippen molar-refractivity contribution in [1.29, 1.82) is 0 Å². The summed E-state index contributed by atoms with van der Waals surface area (Å²) in [6.45, 7) is 0. The number of amides is 1. The lowest BCUT2D eigenvalue weighted by atomic mass is 10.2. The van der Waals surface area contributed by atoms with E-state index in [-0.39, 0.29) is 11.3 Å². The molecule has 4 rings (SSSR count). The monoisotopic (exact) mass is 363 g/mol. The molecule has 1 N–H and O–H groups in total. The third kappa shape index (κ3) is 2.78. The zero-order valence-corrected chi connectivity index (χ0v) is 14.1. The van der Waals surface area contributed by atoms with Crippen LogP contribution in [0.2, 0.25) is 0 Å². The molecule has 0 fully saturated rings. The Morgan fingerprint density at radius 2 is 1.96 bits per heavy atom. The molecular formula is C17H13N7O3. The summed E-state index contributed by atoms with van der Waals surface area (Å²) in [4.78, 5) is 34.4. The molecule has 0 unspecified atom stereocenters. The number of carbonyl (C=O) groups is 2. The first-order valence-electron chi connectivity index (χ1n) is 7.85. The topological polar surface area (TPSA) is 119 Å². The normalized spacial score (nSPS) is 10.9. The quantitative estimate of drug-likeness (QED) is 0.584. The highest BCUT2D eigenvalue weighted by Gasteiger charge is 2.28. The molecule has 0 aliphatic heterocycles. The number of anilines is 2. The van der Waals surface area contributed by atoms with Crippen molar-refractivity contribution in [2.45, 2.75) is 0 Å². The number of aromatic nitrogens is 6. The van der Waals surface area contributed by atoms with Gasteiger partial charge in [-0.25, -0.2) is 14.3 Å². The molecular weight excluding hydrogens is 350 g/mol. The number of carboxylic acid groups (broad SMARTS) is 1. The van der Waals surface area contributed by atoms with Crippen molar-refractivity contribution >= 4 is 28.9 Å². The molecule has 0 spiro atoms. The molecule has 0 radical (unpaired) electrons. The van der Waals surface area contributed by atoms with Crippen LogP contribution in [0.15, 0.2) is 55.4 Å². The average molecular weight is 363 g/mol. The van der Waals surface area contributed by atoms with Gasteiger partial charge in [0.25, 0.3) is 5.91 Å². The lowest BCUT2D eigenvalue weighted by Crippen LogP contribution is -2.29. The van der Waals surface area contributed by atoms with Gasteiger partial charge in [-0.05, 0) is 24.3 Å². The van der Waals surface area contributed by atoms with Crippen LogP contribution in [0.1, 0.15) is 20.8 Å². The van der Waals surface area contributed by atoms with Crippen molar-refractivity contribution in [1.82, 2.24) is 29.4 Å². The van der Waals surface area contributed by atoms with E-state index in [1.807, 2.05) is 0 Å². The minimum absolute atomic E-state index is 0.0509. The summed E-state index contributed by atoms with van der Waals surface area (Å²) < 4.78 is 2.76. The number of rotatable bonds is 4. The maximum atomic E-state index is 13.4. The van der Waals surface area contributed by atoms with Crippen LogP contribution in [0.5, 0.6) is 0 Å². The molecule has 0 saturated carbocycles. The van der Waals surface area contributed by atoms with Crippen LogP contribution < -0.4 is 4.90 Å². The number of hydrogen-bond donors (Lipinski definition) is 1. The lowest BCUT2D eigenvalue weighted by Gasteiger charge is -2.23. The highest BCUT2D eigenvalue weighted by atomic mass is 16.4. The maximum absolute atomic E-state index is 13.4. The molecule has 0 aliphatic rings. The van der Waals surface area contributed by atoms with E-state index in [0.29, 0.717) is 17.0 Å². The van der Waals surface area contributed by atoms with Crippen molar-refractivity contribution in [3.05, 3.63) is 66.6 Å². The van der Waals surface area contributed by atoms with Gasteiger partial charge in [-0.3, -0.25) is 19.4 Å². The molecule has 0 aliphatic carbocycles. The fourth-order valence-electron chi connectivity index (χ4n) is 2.76. The summed E-state index contributed by atoms with van der Waals surface area (Å²) in [5.74, 6) is -1.79. The Bertz CT molecular complexity index is 1150. The van der Waals surface area contributed by atoms with E-state index in [4.69, 9.17) is 0 Å². The third-order valence-corrected chi connectivity index (χ3v) is 4.00. The van der Waals surface area contributed by atoms with Crippen LogP contribution >= 0.6 is 0 Å². The first-order valence-corrected chi connectivity index (χ1v) is 7.85. The van der Waals surface area contributed by atoms with Gasteiger partial charge in [0.15, 0.2) is 5.65 Å². The van der Waals surface area contributed by atoms with E-state index in [1.165, 1.54) is 33.7 Å². The van der Waals surface area contributed by atoms with Crippen molar-refractivity contribution in [3.63, 3.8) is 0 Å². The Labute approximate surface area is 152 Å². The van der Waals surface area contributed by atoms with Gasteiger partial charge in [0, 0.05) is 13.2 Å². The molecule has 134 valence electrons. The van der Waals surface area contributed by atoms with Gasteiger partial charge < -0.3 is 5.11 Å². The Morgan fingerprint density at radius 1 is 1.11 bits per heavy atom. The number of carbonyl (C=O) groups excluding carboxylic acids is 1. The van der Waals surface area contributed by atoms with Crippen molar-refractivity contribution < 1.29 is 14.7 Å². The Hall–Kier alpha value is -4.08. The minimum atomic E-state index is -1.23. The fraction of sp³-hybridized carbons (Fsp3) is 0.0588. The Kier molecular flexibility index (Phi) is 3.84. The van der Waals surface area contributed by atoms with Gasteiger partial charge in [0.1, 0.15) is 17.6 Å². The first-order chi connectivity index (χ1) is 13.1. The van der Waals surface area contributed by atoms with Gasteiger partial charge >= 0.3 is 5.97 Å². The third-order valence-electron chi connectivity index (χ3n) is 4.00. The summed E-state index contributed by atoms with van der Waals surface area (Å²) in [6.07, 6.45) is 7.28.